The number of hydrogen-bond acceptors (Lipinski definition) is 1. The van der Waals surface area contributed by atoms with E-state index in [1.165, 1.54) is 0 Å². The molecule has 1 rings (SSSR count). The minimum absolute atomic E-state index is 0.608. The summed E-state index contributed by atoms with van der Waals surface area (Å²) in [5.41, 5.74) is 0.608. The Morgan fingerprint density at radius 3 is 2.70 bits per heavy atom. The molecule has 0 aromatic heterocycles. The van der Waals surface area contributed by atoms with Crippen LogP contribution in [0.2, 0.25) is 5.02 Å². The summed E-state index contributed by atoms with van der Waals surface area (Å²) in [6.45, 7) is 0. The van der Waals surface area contributed by atoms with E-state index in [4.69, 9.17) is 16.9 Å². The maximum atomic E-state index is 8.44. The third-order valence-electron chi connectivity index (χ3n) is 1.05. The summed E-state index contributed by atoms with van der Waals surface area (Å²) in [5, 5.41) is 9.06. The predicted octanol–water partition coefficient (Wildman–Crippen LogP) is 2.97. The molecule has 0 unspecified atom stereocenters. The smallest absolute Gasteiger partial charge is 0.0992 e. The molecule has 0 saturated carbocycles. The lowest BCUT2D eigenvalue weighted by atomic mass is 10.2. The van der Waals surface area contributed by atoms with Crippen LogP contribution in [0.4, 0.5) is 0 Å². The van der Waals surface area contributed by atoms with Crippen molar-refractivity contribution in [3.05, 3.63) is 33.3 Å². The van der Waals surface area contributed by atoms with Gasteiger partial charge in [-0.25, -0.2) is 0 Å². The van der Waals surface area contributed by atoms with E-state index in [2.05, 4.69) is 15.9 Å². The minimum Gasteiger partial charge on any atom is -0.192 e. The molecule has 0 amide bonds. The van der Waals surface area contributed by atoms with Crippen LogP contribution < -0.4 is 0 Å². The molecule has 0 spiro atoms. The number of rotatable bonds is 0. The summed E-state index contributed by atoms with van der Waals surface area (Å²) >= 11 is 8.89. The lowest BCUT2D eigenvalue weighted by molar-refractivity contribution is 1.48. The van der Waals surface area contributed by atoms with Crippen LogP contribution in [0.1, 0.15) is 5.56 Å². The first kappa shape index (κ1) is 7.59. The van der Waals surface area contributed by atoms with Crippen molar-refractivity contribution in [3.63, 3.8) is 0 Å². The molecule has 0 bridgehead atoms. The highest BCUT2D eigenvalue weighted by molar-refractivity contribution is 9.10. The van der Waals surface area contributed by atoms with Crippen molar-refractivity contribution in [1.29, 1.82) is 5.26 Å². The van der Waals surface area contributed by atoms with Crippen LogP contribution in [-0.2, 0) is 0 Å². The van der Waals surface area contributed by atoms with E-state index in [0.29, 0.717) is 10.6 Å². The zero-order valence-corrected chi connectivity index (χ0v) is 7.28. The second-order valence-corrected chi connectivity index (χ2v) is 3.00. The van der Waals surface area contributed by atoms with E-state index in [9.17, 15) is 0 Å². The monoisotopic (exact) mass is 215 g/mol. The number of nitriles is 1. The van der Waals surface area contributed by atoms with E-state index in [-0.39, 0.29) is 0 Å². The van der Waals surface area contributed by atoms with Crippen molar-refractivity contribution in [2.75, 3.05) is 0 Å². The molecule has 0 aliphatic heterocycles. The van der Waals surface area contributed by atoms with Gasteiger partial charge >= 0.3 is 0 Å². The molecule has 0 atom stereocenters. The van der Waals surface area contributed by atoms with Gasteiger partial charge in [-0.2, -0.15) is 5.26 Å². The molecule has 3 heteroatoms. The standard InChI is InChI=1S/C7H3BrClN/c8-6-3-5(4-10)1-2-7(6)9/h1-3H. The fraction of sp³-hybridized carbons (Fsp3) is 0. The Morgan fingerprint density at radius 2 is 2.20 bits per heavy atom. The first-order chi connectivity index (χ1) is 4.74. The van der Waals surface area contributed by atoms with Crippen molar-refractivity contribution < 1.29 is 0 Å². The molecule has 0 aliphatic carbocycles. The molecule has 0 aliphatic rings. The van der Waals surface area contributed by atoms with Gasteiger partial charge in [0.05, 0.1) is 16.7 Å². The number of hydrogen-bond donors (Lipinski definition) is 0. The third kappa shape index (κ3) is 1.50. The normalized spacial score (nSPS) is 8.90. The second-order valence-electron chi connectivity index (χ2n) is 1.74. The molecule has 0 radical (unpaired) electrons. The molecule has 10 heavy (non-hydrogen) atoms. The average Bonchev–Trinajstić information content (AvgIpc) is 1.95. The fourth-order valence-corrected chi connectivity index (χ4v) is 1.06. The van der Waals surface area contributed by atoms with E-state index in [0.717, 1.165) is 4.47 Å². The Hall–Kier alpha value is -0.520. The Bertz CT molecular complexity index is 290. The SMILES string of the molecule is N#Cc1ccc(Cl)c(Br)c1. The molecule has 50 valence electrons. The first-order valence-electron chi connectivity index (χ1n) is 2.59. The summed E-state index contributed by atoms with van der Waals surface area (Å²) in [6.07, 6.45) is 0. The van der Waals surface area contributed by atoms with Crippen LogP contribution in [0.15, 0.2) is 22.7 Å². The van der Waals surface area contributed by atoms with E-state index >= 15 is 0 Å². The molecule has 1 aromatic carbocycles. The molecule has 0 fully saturated rings. The van der Waals surface area contributed by atoms with Gasteiger partial charge in [-0.05, 0) is 34.1 Å². The van der Waals surface area contributed by atoms with Gasteiger partial charge in [-0.15, -0.1) is 0 Å². The van der Waals surface area contributed by atoms with Gasteiger partial charge in [0.25, 0.3) is 0 Å². The number of halogens is 2. The quantitative estimate of drug-likeness (QED) is 0.654. The summed E-state index contributed by atoms with van der Waals surface area (Å²) < 4.78 is 0.758. The zero-order valence-electron chi connectivity index (χ0n) is 4.94. The molecule has 0 saturated heterocycles. The molecule has 1 aromatic rings. The highest BCUT2D eigenvalue weighted by Crippen LogP contribution is 2.22. The first-order valence-corrected chi connectivity index (χ1v) is 3.76. The highest BCUT2D eigenvalue weighted by atomic mass is 79.9. The maximum Gasteiger partial charge on any atom is 0.0992 e. The molecule has 1 nitrogen and oxygen atoms in total. The molecular formula is C7H3BrClN. The van der Waals surface area contributed by atoms with Gasteiger partial charge in [0.15, 0.2) is 0 Å². The van der Waals surface area contributed by atoms with Crippen LogP contribution in [0, 0.1) is 11.3 Å². The van der Waals surface area contributed by atoms with Gasteiger partial charge in [-0.1, -0.05) is 11.6 Å². The largest absolute Gasteiger partial charge is 0.192 e. The van der Waals surface area contributed by atoms with E-state index in [1.807, 2.05) is 6.07 Å². The summed E-state index contributed by atoms with van der Waals surface area (Å²) in [5.74, 6) is 0. The third-order valence-corrected chi connectivity index (χ3v) is 2.26. The van der Waals surface area contributed by atoms with Crippen molar-refractivity contribution in [1.82, 2.24) is 0 Å². The van der Waals surface area contributed by atoms with Gasteiger partial charge in [0.1, 0.15) is 0 Å². The lowest BCUT2D eigenvalue weighted by Crippen LogP contribution is -1.73. The molecule has 0 N–H and O–H groups in total. The minimum atomic E-state index is 0.608. The summed E-state index contributed by atoms with van der Waals surface area (Å²) in [4.78, 5) is 0. The zero-order chi connectivity index (χ0) is 7.56. The fourth-order valence-electron chi connectivity index (χ4n) is 0.566. The van der Waals surface area contributed by atoms with Crippen molar-refractivity contribution in [2.24, 2.45) is 0 Å². The Morgan fingerprint density at radius 1 is 1.50 bits per heavy atom. The highest BCUT2D eigenvalue weighted by Gasteiger charge is 1.96. The maximum absolute atomic E-state index is 8.44. The van der Waals surface area contributed by atoms with E-state index < -0.39 is 0 Å². The number of nitrogens with zero attached hydrogens (tertiary/aromatic N) is 1. The second kappa shape index (κ2) is 3.05. The van der Waals surface area contributed by atoms with Crippen LogP contribution in [0.5, 0.6) is 0 Å². The Kier molecular flexibility index (Phi) is 2.31. The number of benzene rings is 1. The Labute approximate surface area is 72.4 Å². The van der Waals surface area contributed by atoms with Crippen LogP contribution >= 0.6 is 27.5 Å². The summed E-state index contributed by atoms with van der Waals surface area (Å²) in [7, 11) is 0. The van der Waals surface area contributed by atoms with Crippen LogP contribution in [0.3, 0.4) is 0 Å². The summed E-state index contributed by atoms with van der Waals surface area (Å²) in [6, 6.07) is 7.05. The lowest BCUT2D eigenvalue weighted by Gasteiger charge is -1.93. The van der Waals surface area contributed by atoms with Crippen molar-refractivity contribution in [3.8, 4) is 6.07 Å². The topological polar surface area (TPSA) is 23.8 Å². The van der Waals surface area contributed by atoms with E-state index in [1.54, 1.807) is 18.2 Å². The van der Waals surface area contributed by atoms with Gasteiger partial charge in [0.2, 0.25) is 0 Å². The predicted molar refractivity (Wildman–Crippen MR) is 43.9 cm³/mol. The van der Waals surface area contributed by atoms with Gasteiger partial charge in [0, 0.05) is 4.47 Å². The van der Waals surface area contributed by atoms with Crippen molar-refractivity contribution >= 4 is 27.5 Å². The van der Waals surface area contributed by atoms with Crippen molar-refractivity contribution in [2.45, 2.75) is 0 Å². The van der Waals surface area contributed by atoms with Crippen LogP contribution in [0.25, 0.3) is 0 Å². The molecule has 0 heterocycles. The van der Waals surface area contributed by atoms with Crippen LogP contribution in [-0.4, -0.2) is 0 Å². The Balaban J connectivity index is 3.20. The van der Waals surface area contributed by atoms with Gasteiger partial charge in [-0.3, -0.25) is 0 Å². The van der Waals surface area contributed by atoms with Gasteiger partial charge < -0.3 is 0 Å². The molecular weight excluding hydrogens is 213 g/mol. The average molecular weight is 216 g/mol.